The number of nitrogens with one attached hydrogen (secondary N) is 1. The topological polar surface area (TPSA) is 85.6 Å². The van der Waals surface area contributed by atoms with Crippen molar-refractivity contribution in [3.63, 3.8) is 0 Å². The van der Waals surface area contributed by atoms with Crippen molar-refractivity contribution in [2.45, 2.75) is 0 Å². The van der Waals surface area contributed by atoms with Crippen LogP contribution in [-0.4, -0.2) is 0 Å². The van der Waals surface area contributed by atoms with Crippen molar-refractivity contribution in [3.8, 4) is 12.1 Å². The molecule has 0 bridgehead atoms. The number of nitrogens with zero attached hydrogens (tertiary/aromatic N) is 2. The van der Waals surface area contributed by atoms with Crippen molar-refractivity contribution >= 4 is 17.1 Å². The molecule has 0 aromatic heterocycles. The van der Waals surface area contributed by atoms with Crippen LogP contribution in [0.2, 0.25) is 0 Å². The average molecular weight is 234 g/mol. The number of hydrogen-bond acceptors (Lipinski definition) is 4. The lowest BCUT2D eigenvalue weighted by Gasteiger charge is -2.07. The summed E-state index contributed by atoms with van der Waals surface area (Å²) >= 11 is 0. The smallest absolute Gasteiger partial charge is 0.101 e. The van der Waals surface area contributed by atoms with E-state index >= 15 is 0 Å². The van der Waals surface area contributed by atoms with Crippen LogP contribution in [0.4, 0.5) is 17.1 Å². The van der Waals surface area contributed by atoms with Crippen LogP contribution in [0.25, 0.3) is 0 Å². The number of benzene rings is 2. The Balaban J connectivity index is 2.29. The van der Waals surface area contributed by atoms with Gasteiger partial charge in [0.05, 0.1) is 17.2 Å². The quantitative estimate of drug-likeness (QED) is 0.782. The molecule has 0 aliphatic carbocycles. The van der Waals surface area contributed by atoms with Gasteiger partial charge in [0.1, 0.15) is 6.07 Å². The number of anilines is 3. The van der Waals surface area contributed by atoms with Gasteiger partial charge in [-0.2, -0.15) is 10.5 Å². The number of nitrogens with two attached hydrogens (primary N) is 1. The number of nitrogen functional groups attached to an aromatic ring is 1. The minimum Gasteiger partial charge on any atom is -0.398 e. The molecule has 3 N–H and O–H groups in total. The summed E-state index contributed by atoms with van der Waals surface area (Å²) in [6, 6.07) is 16.4. The first-order chi connectivity index (χ1) is 8.72. The van der Waals surface area contributed by atoms with Crippen LogP contribution in [0.5, 0.6) is 0 Å². The molecule has 0 aliphatic rings. The average Bonchev–Trinajstić information content (AvgIpc) is 2.41. The Morgan fingerprint density at radius 2 is 1.72 bits per heavy atom. The van der Waals surface area contributed by atoms with Crippen LogP contribution in [0.1, 0.15) is 11.1 Å². The van der Waals surface area contributed by atoms with E-state index in [-0.39, 0.29) is 0 Å². The predicted octanol–water partition coefficient (Wildman–Crippen LogP) is 2.76. The van der Waals surface area contributed by atoms with E-state index in [0.717, 1.165) is 11.4 Å². The summed E-state index contributed by atoms with van der Waals surface area (Å²) < 4.78 is 0. The van der Waals surface area contributed by atoms with Gasteiger partial charge in [-0.15, -0.1) is 0 Å². The lowest BCUT2D eigenvalue weighted by Crippen LogP contribution is -1.94. The van der Waals surface area contributed by atoms with Crippen LogP contribution in [0, 0.1) is 22.7 Å². The molecule has 0 saturated heterocycles. The lowest BCUT2D eigenvalue weighted by molar-refractivity contribution is 1.46. The standard InChI is InChI=1S/C14H10N4/c15-8-10-2-1-3-12(6-10)18-13-4-5-14(17)11(7-13)9-16/h1-7,18H,17H2. The number of rotatable bonds is 2. The van der Waals surface area contributed by atoms with Crippen molar-refractivity contribution in [2.75, 3.05) is 11.1 Å². The zero-order valence-corrected chi connectivity index (χ0v) is 9.51. The highest BCUT2D eigenvalue weighted by atomic mass is 14.9. The molecule has 0 amide bonds. The summed E-state index contributed by atoms with van der Waals surface area (Å²) in [7, 11) is 0. The molecule has 0 heterocycles. The third kappa shape index (κ3) is 2.40. The summed E-state index contributed by atoms with van der Waals surface area (Å²) in [5.74, 6) is 0. The maximum atomic E-state index is 8.89. The van der Waals surface area contributed by atoms with Crippen LogP contribution >= 0.6 is 0 Å². The maximum Gasteiger partial charge on any atom is 0.101 e. The van der Waals surface area contributed by atoms with Gasteiger partial charge in [-0.3, -0.25) is 0 Å². The van der Waals surface area contributed by atoms with Gasteiger partial charge < -0.3 is 11.1 Å². The maximum absolute atomic E-state index is 8.89. The highest BCUT2D eigenvalue weighted by Gasteiger charge is 2.01. The van der Waals surface area contributed by atoms with E-state index in [0.29, 0.717) is 16.8 Å². The molecule has 4 nitrogen and oxygen atoms in total. The van der Waals surface area contributed by atoms with E-state index in [4.69, 9.17) is 16.3 Å². The molecule has 4 heteroatoms. The van der Waals surface area contributed by atoms with Gasteiger partial charge in [-0.1, -0.05) is 6.07 Å². The van der Waals surface area contributed by atoms with Crippen LogP contribution in [0.3, 0.4) is 0 Å². The van der Waals surface area contributed by atoms with E-state index in [9.17, 15) is 0 Å². The number of hydrogen-bond donors (Lipinski definition) is 2. The molecule has 2 aromatic rings. The van der Waals surface area contributed by atoms with E-state index in [1.807, 2.05) is 12.1 Å². The summed E-state index contributed by atoms with van der Waals surface area (Å²) in [6.07, 6.45) is 0. The molecule has 18 heavy (non-hydrogen) atoms. The molecule has 86 valence electrons. The molecule has 0 aliphatic heterocycles. The summed E-state index contributed by atoms with van der Waals surface area (Å²) in [6.45, 7) is 0. The van der Waals surface area contributed by atoms with E-state index in [1.54, 1.807) is 36.4 Å². The highest BCUT2D eigenvalue weighted by molar-refractivity contribution is 5.67. The van der Waals surface area contributed by atoms with Gasteiger partial charge in [-0.25, -0.2) is 0 Å². The molecule has 0 unspecified atom stereocenters. The van der Waals surface area contributed by atoms with Gasteiger partial charge in [0.25, 0.3) is 0 Å². The largest absolute Gasteiger partial charge is 0.398 e. The van der Waals surface area contributed by atoms with Crippen molar-refractivity contribution in [1.29, 1.82) is 10.5 Å². The Labute approximate surface area is 105 Å². The Morgan fingerprint density at radius 3 is 2.44 bits per heavy atom. The molecule has 0 fully saturated rings. The molecule has 0 spiro atoms. The first-order valence-corrected chi connectivity index (χ1v) is 5.30. The third-order valence-electron chi connectivity index (χ3n) is 2.45. The summed E-state index contributed by atoms with van der Waals surface area (Å²) in [5.41, 5.74) is 8.66. The molecular weight excluding hydrogens is 224 g/mol. The van der Waals surface area contributed by atoms with E-state index in [1.165, 1.54) is 0 Å². The van der Waals surface area contributed by atoms with Crippen LogP contribution in [-0.2, 0) is 0 Å². The second-order valence-corrected chi connectivity index (χ2v) is 3.73. The molecule has 0 saturated carbocycles. The Morgan fingerprint density at radius 1 is 0.944 bits per heavy atom. The summed E-state index contributed by atoms with van der Waals surface area (Å²) in [5, 5.41) is 20.8. The fourth-order valence-corrected chi connectivity index (χ4v) is 1.56. The van der Waals surface area contributed by atoms with E-state index < -0.39 is 0 Å². The Kier molecular flexibility index (Phi) is 3.13. The fourth-order valence-electron chi connectivity index (χ4n) is 1.56. The predicted molar refractivity (Wildman–Crippen MR) is 70.0 cm³/mol. The first kappa shape index (κ1) is 11.5. The number of nitriles is 2. The molecule has 0 radical (unpaired) electrons. The van der Waals surface area contributed by atoms with Gasteiger partial charge >= 0.3 is 0 Å². The lowest BCUT2D eigenvalue weighted by atomic mass is 10.1. The molecule has 2 aromatic carbocycles. The second-order valence-electron chi connectivity index (χ2n) is 3.73. The second kappa shape index (κ2) is 4.90. The molecule has 0 atom stereocenters. The highest BCUT2D eigenvalue weighted by Crippen LogP contribution is 2.21. The minimum atomic E-state index is 0.427. The normalized spacial score (nSPS) is 9.22. The van der Waals surface area contributed by atoms with Gasteiger partial charge in [0, 0.05) is 17.1 Å². The molecule has 2 rings (SSSR count). The Bertz CT molecular complexity index is 662. The van der Waals surface area contributed by atoms with Crippen molar-refractivity contribution in [2.24, 2.45) is 0 Å². The Hall–Kier alpha value is -2.98. The van der Waals surface area contributed by atoms with Crippen LogP contribution in [0.15, 0.2) is 42.5 Å². The van der Waals surface area contributed by atoms with Crippen molar-refractivity contribution in [3.05, 3.63) is 53.6 Å². The monoisotopic (exact) mass is 234 g/mol. The SMILES string of the molecule is N#Cc1cccc(Nc2ccc(N)c(C#N)c2)c1. The fraction of sp³-hybridized carbons (Fsp3) is 0. The van der Waals surface area contributed by atoms with Gasteiger partial charge in [0.15, 0.2) is 0 Å². The summed E-state index contributed by atoms with van der Waals surface area (Å²) in [4.78, 5) is 0. The van der Waals surface area contributed by atoms with Crippen molar-refractivity contribution in [1.82, 2.24) is 0 Å². The van der Waals surface area contributed by atoms with Crippen molar-refractivity contribution < 1.29 is 0 Å². The minimum absolute atomic E-state index is 0.427. The zero-order valence-electron chi connectivity index (χ0n) is 9.51. The van der Waals surface area contributed by atoms with Crippen LogP contribution < -0.4 is 11.1 Å². The zero-order chi connectivity index (χ0) is 13.0. The molecular formula is C14H10N4. The first-order valence-electron chi connectivity index (χ1n) is 5.30. The third-order valence-corrected chi connectivity index (χ3v) is 2.45. The van der Waals surface area contributed by atoms with E-state index in [2.05, 4.69) is 11.4 Å². The van der Waals surface area contributed by atoms with Gasteiger partial charge in [0.2, 0.25) is 0 Å². The van der Waals surface area contributed by atoms with Gasteiger partial charge in [-0.05, 0) is 36.4 Å².